The van der Waals surface area contributed by atoms with Crippen LogP contribution < -0.4 is 0 Å². The lowest BCUT2D eigenvalue weighted by Crippen LogP contribution is -2.31. The lowest BCUT2D eigenvalue weighted by molar-refractivity contribution is 0.117. The molecule has 2 atom stereocenters. The van der Waals surface area contributed by atoms with Crippen LogP contribution in [0.25, 0.3) is 0 Å². The zero-order valence-electron chi connectivity index (χ0n) is 13.8. The van der Waals surface area contributed by atoms with E-state index in [0.29, 0.717) is 11.0 Å². The molecule has 1 fully saturated rings. The van der Waals surface area contributed by atoms with E-state index in [1.807, 2.05) is 42.1 Å². The molecule has 3 nitrogen and oxygen atoms in total. The van der Waals surface area contributed by atoms with E-state index in [1.165, 1.54) is 10.5 Å². The van der Waals surface area contributed by atoms with E-state index in [0.717, 1.165) is 38.9 Å². The number of aromatic hydroxyl groups is 1. The standard InChI is InChI=1S/C20H25NO2S/c22-17-8-10-19(11-9-17)24-20-12-13-21(15-20)14-18(23)7-6-16-4-2-1-3-5-16/h1-5,8-11,18,20,22-23H,6-7,12-15H2/t18-,20+/m1/s1. The summed E-state index contributed by atoms with van der Waals surface area (Å²) in [7, 11) is 0. The van der Waals surface area contributed by atoms with E-state index in [-0.39, 0.29) is 6.10 Å². The predicted octanol–water partition coefficient (Wildman–Crippen LogP) is 3.55. The minimum absolute atomic E-state index is 0.261. The average molecular weight is 343 g/mol. The number of phenolic OH excluding ortho intramolecular Hbond substituents is 1. The van der Waals surface area contributed by atoms with Gasteiger partial charge in [0.2, 0.25) is 0 Å². The molecule has 1 heterocycles. The van der Waals surface area contributed by atoms with Gasteiger partial charge in [-0.05, 0) is 55.6 Å². The predicted molar refractivity (Wildman–Crippen MR) is 99.6 cm³/mol. The van der Waals surface area contributed by atoms with Gasteiger partial charge >= 0.3 is 0 Å². The van der Waals surface area contributed by atoms with Gasteiger partial charge in [-0.3, -0.25) is 4.90 Å². The van der Waals surface area contributed by atoms with Gasteiger partial charge in [0.25, 0.3) is 0 Å². The number of aryl methyl sites for hydroxylation is 1. The number of rotatable bonds is 7. The van der Waals surface area contributed by atoms with Crippen LogP contribution in [-0.2, 0) is 6.42 Å². The summed E-state index contributed by atoms with van der Waals surface area (Å²) in [5, 5.41) is 20.2. The van der Waals surface area contributed by atoms with Gasteiger partial charge in [-0.2, -0.15) is 0 Å². The van der Waals surface area contributed by atoms with E-state index in [4.69, 9.17) is 0 Å². The van der Waals surface area contributed by atoms with Crippen LogP contribution >= 0.6 is 11.8 Å². The van der Waals surface area contributed by atoms with Gasteiger partial charge in [0.15, 0.2) is 0 Å². The third-order valence-corrected chi connectivity index (χ3v) is 5.71. The Hall–Kier alpha value is -1.49. The van der Waals surface area contributed by atoms with Gasteiger partial charge in [-0.25, -0.2) is 0 Å². The van der Waals surface area contributed by atoms with E-state index in [2.05, 4.69) is 17.0 Å². The fourth-order valence-corrected chi connectivity index (χ4v) is 4.33. The highest BCUT2D eigenvalue weighted by Gasteiger charge is 2.24. The first-order valence-corrected chi connectivity index (χ1v) is 9.47. The number of nitrogens with zero attached hydrogens (tertiary/aromatic N) is 1. The zero-order chi connectivity index (χ0) is 16.8. The van der Waals surface area contributed by atoms with Gasteiger partial charge in [-0.15, -0.1) is 11.8 Å². The molecule has 0 unspecified atom stereocenters. The average Bonchev–Trinajstić information content (AvgIpc) is 3.03. The van der Waals surface area contributed by atoms with Crippen molar-refractivity contribution in [3.8, 4) is 5.75 Å². The Balaban J connectivity index is 1.40. The highest BCUT2D eigenvalue weighted by atomic mass is 32.2. The quantitative estimate of drug-likeness (QED) is 0.807. The fraction of sp³-hybridized carbons (Fsp3) is 0.400. The molecule has 2 N–H and O–H groups in total. The molecule has 0 saturated carbocycles. The summed E-state index contributed by atoms with van der Waals surface area (Å²) in [5.74, 6) is 0.314. The number of benzene rings is 2. The smallest absolute Gasteiger partial charge is 0.115 e. The summed E-state index contributed by atoms with van der Waals surface area (Å²) in [6, 6.07) is 17.8. The molecule has 2 aromatic rings. The highest BCUT2D eigenvalue weighted by molar-refractivity contribution is 8.00. The van der Waals surface area contributed by atoms with Crippen LogP contribution in [0.2, 0.25) is 0 Å². The molecule has 128 valence electrons. The largest absolute Gasteiger partial charge is 0.508 e. The number of β-amino-alcohol motifs (C(OH)–C–C–N with tert-alkyl or cyclic N) is 1. The third-order valence-electron chi connectivity index (χ3n) is 4.45. The summed E-state index contributed by atoms with van der Waals surface area (Å²) in [4.78, 5) is 3.57. The number of hydrogen-bond donors (Lipinski definition) is 2. The van der Waals surface area contributed by atoms with Crippen LogP contribution in [0.5, 0.6) is 5.75 Å². The zero-order valence-corrected chi connectivity index (χ0v) is 14.7. The number of likely N-dealkylation sites (tertiary alicyclic amines) is 1. The van der Waals surface area contributed by atoms with Crippen LogP contribution in [0.4, 0.5) is 0 Å². The summed E-state index contributed by atoms with van der Waals surface area (Å²) in [6.07, 6.45) is 2.64. The molecule has 3 rings (SSSR count). The minimum atomic E-state index is -0.261. The Labute approximate surface area is 148 Å². The van der Waals surface area contributed by atoms with Gasteiger partial charge in [0.05, 0.1) is 6.10 Å². The monoisotopic (exact) mass is 343 g/mol. The molecule has 1 saturated heterocycles. The van der Waals surface area contributed by atoms with E-state index < -0.39 is 0 Å². The molecule has 0 spiro atoms. The van der Waals surface area contributed by atoms with Crippen molar-refractivity contribution in [1.82, 2.24) is 4.90 Å². The Morgan fingerprint density at radius 2 is 1.83 bits per heavy atom. The molecule has 4 heteroatoms. The maximum absolute atomic E-state index is 10.3. The summed E-state index contributed by atoms with van der Waals surface area (Å²) >= 11 is 1.87. The maximum atomic E-state index is 10.3. The van der Waals surface area contributed by atoms with Crippen LogP contribution in [0.1, 0.15) is 18.4 Å². The fourth-order valence-electron chi connectivity index (χ4n) is 3.14. The lowest BCUT2D eigenvalue weighted by Gasteiger charge is -2.20. The molecule has 0 radical (unpaired) electrons. The lowest BCUT2D eigenvalue weighted by atomic mass is 10.1. The first-order chi connectivity index (χ1) is 11.7. The summed E-state index contributed by atoms with van der Waals surface area (Å²) in [5.41, 5.74) is 1.29. The van der Waals surface area contributed by atoms with E-state index in [1.54, 1.807) is 12.1 Å². The summed E-state index contributed by atoms with van der Waals surface area (Å²) in [6.45, 7) is 2.84. The minimum Gasteiger partial charge on any atom is -0.508 e. The molecule has 24 heavy (non-hydrogen) atoms. The van der Waals surface area contributed by atoms with Crippen molar-refractivity contribution < 1.29 is 10.2 Å². The van der Waals surface area contributed by atoms with Crippen molar-refractivity contribution in [3.05, 3.63) is 60.2 Å². The van der Waals surface area contributed by atoms with Crippen molar-refractivity contribution in [1.29, 1.82) is 0 Å². The van der Waals surface area contributed by atoms with Crippen molar-refractivity contribution in [3.63, 3.8) is 0 Å². The van der Waals surface area contributed by atoms with Gasteiger partial charge in [-0.1, -0.05) is 30.3 Å². The number of hydrogen-bond acceptors (Lipinski definition) is 4. The molecule has 2 aromatic carbocycles. The second-order valence-electron chi connectivity index (χ2n) is 6.46. The number of phenols is 1. The first kappa shape index (κ1) is 17.3. The highest BCUT2D eigenvalue weighted by Crippen LogP contribution is 2.30. The van der Waals surface area contributed by atoms with Crippen molar-refractivity contribution in [2.24, 2.45) is 0 Å². The molecule has 1 aliphatic rings. The van der Waals surface area contributed by atoms with Crippen molar-refractivity contribution in [2.45, 2.75) is 35.5 Å². The molecule has 0 amide bonds. The van der Waals surface area contributed by atoms with Gasteiger partial charge in [0, 0.05) is 23.2 Å². The molecular formula is C20H25NO2S. The SMILES string of the molecule is Oc1ccc(S[C@H]2CCN(C[C@H](O)CCc3ccccc3)C2)cc1. The van der Waals surface area contributed by atoms with Gasteiger partial charge < -0.3 is 10.2 Å². The maximum Gasteiger partial charge on any atom is 0.115 e. The Kier molecular flexibility index (Phi) is 6.18. The Morgan fingerprint density at radius 1 is 1.08 bits per heavy atom. The topological polar surface area (TPSA) is 43.7 Å². The van der Waals surface area contributed by atoms with Crippen molar-refractivity contribution >= 4 is 11.8 Å². The number of aliphatic hydroxyl groups excluding tert-OH is 1. The number of thioether (sulfide) groups is 1. The molecule has 0 aromatic heterocycles. The van der Waals surface area contributed by atoms with Crippen LogP contribution in [0, 0.1) is 0 Å². The van der Waals surface area contributed by atoms with Gasteiger partial charge in [0.1, 0.15) is 5.75 Å². The second-order valence-corrected chi connectivity index (χ2v) is 7.83. The third kappa shape index (κ3) is 5.26. The van der Waals surface area contributed by atoms with Crippen LogP contribution in [-0.4, -0.2) is 46.1 Å². The van der Waals surface area contributed by atoms with E-state index in [9.17, 15) is 10.2 Å². The Morgan fingerprint density at radius 3 is 2.58 bits per heavy atom. The Bertz CT molecular complexity index is 617. The molecular weight excluding hydrogens is 318 g/mol. The molecule has 1 aliphatic heterocycles. The van der Waals surface area contributed by atoms with Crippen molar-refractivity contribution in [2.75, 3.05) is 19.6 Å². The summed E-state index contributed by atoms with van der Waals surface area (Å²) < 4.78 is 0. The van der Waals surface area contributed by atoms with Crippen LogP contribution in [0.3, 0.4) is 0 Å². The first-order valence-electron chi connectivity index (χ1n) is 8.59. The van der Waals surface area contributed by atoms with E-state index >= 15 is 0 Å². The molecule has 0 bridgehead atoms. The normalized spacial score (nSPS) is 19.5. The second kappa shape index (κ2) is 8.56. The molecule has 0 aliphatic carbocycles. The van der Waals surface area contributed by atoms with Crippen LogP contribution in [0.15, 0.2) is 59.5 Å². The number of aliphatic hydroxyl groups is 1.